The SMILES string of the molecule is Fc1c(F)c(CC2CCCCN2)c(Cl)c(F)c1Br. The first-order chi connectivity index (χ1) is 8.52. The Hall–Kier alpha value is -0.260. The Kier molecular flexibility index (Phi) is 4.56. The van der Waals surface area contributed by atoms with E-state index in [4.69, 9.17) is 11.6 Å². The number of benzene rings is 1. The van der Waals surface area contributed by atoms with Crippen LogP contribution in [0.5, 0.6) is 0 Å². The number of piperidine rings is 1. The highest BCUT2D eigenvalue weighted by Crippen LogP contribution is 2.33. The van der Waals surface area contributed by atoms with E-state index in [1.807, 2.05) is 0 Å². The molecule has 0 aromatic heterocycles. The van der Waals surface area contributed by atoms with Crippen LogP contribution in [0.4, 0.5) is 13.2 Å². The van der Waals surface area contributed by atoms with Gasteiger partial charge in [0.05, 0.1) is 9.50 Å². The fourth-order valence-electron chi connectivity index (χ4n) is 2.17. The molecule has 1 aromatic carbocycles. The number of hydrogen-bond donors (Lipinski definition) is 1. The Morgan fingerprint density at radius 2 is 1.89 bits per heavy atom. The minimum absolute atomic E-state index is 0.0192. The van der Waals surface area contributed by atoms with E-state index in [2.05, 4.69) is 21.2 Å². The molecule has 1 aliphatic rings. The van der Waals surface area contributed by atoms with Gasteiger partial charge in [-0.2, -0.15) is 0 Å². The Morgan fingerprint density at radius 3 is 2.50 bits per heavy atom. The normalized spacial score (nSPS) is 20.2. The molecule has 0 spiro atoms. The highest BCUT2D eigenvalue weighted by atomic mass is 79.9. The van der Waals surface area contributed by atoms with E-state index in [0.29, 0.717) is 0 Å². The molecule has 1 fully saturated rings. The molecule has 0 radical (unpaired) electrons. The molecule has 1 heterocycles. The van der Waals surface area contributed by atoms with Crippen LogP contribution in [0.1, 0.15) is 24.8 Å². The van der Waals surface area contributed by atoms with Gasteiger partial charge in [-0.3, -0.25) is 0 Å². The van der Waals surface area contributed by atoms with Crippen LogP contribution >= 0.6 is 27.5 Å². The van der Waals surface area contributed by atoms with E-state index in [9.17, 15) is 13.2 Å². The van der Waals surface area contributed by atoms with Crippen LogP contribution in [0.25, 0.3) is 0 Å². The van der Waals surface area contributed by atoms with Crippen molar-refractivity contribution >= 4 is 27.5 Å². The summed E-state index contributed by atoms with van der Waals surface area (Å²) in [5.41, 5.74) is -0.0886. The summed E-state index contributed by atoms with van der Waals surface area (Å²) in [6.07, 6.45) is 3.15. The molecule has 1 atom stereocenters. The topological polar surface area (TPSA) is 12.0 Å². The van der Waals surface area contributed by atoms with Crippen molar-refractivity contribution < 1.29 is 13.2 Å². The zero-order chi connectivity index (χ0) is 13.3. The summed E-state index contributed by atoms with van der Waals surface area (Å²) in [6, 6.07) is 0.0192. The lowest BCUT2D eigenvalue weighted by atomic mass is 9.97. The fraction of sp³-hybridized carbons (Fsp3) is 0.500. The van der Waals surface area contributed by atoms with E-state index >= 15 is 0 Å². The van der Waals surface area contributed by atoms with Gasteiger partial charge in [-0.05, 0) is 41.7 Å². The average Bonchev–Trinajstić information content (AvgIpc) is 2.40. The van der Waals surface area contributed by atoms with E-state index in [0.717, 1.165) is 25.8 Å². The molecule has 18 heavy (non-hydrogen) atoms. The van der Waals surface area contributed by atoms with Crippen molar-refractivity contribution in [2.45, 2.75) is 31.7 Å². The van der Waals surface area contributed by atoms with Crippen LogP contribution in [0.3, 0.4) is 0 Å². The molecule has 1 aromatic rings. The van der Waals surface area contributed by atoms with Crippen molar-refractivity contribution in [2.75, 3.05) is 6.54 Å². The first kappa shape index (κ1) is 14.2. The molecule has 0 bridgehead atoms. The van der Waals surface area contributed by atoms with Crippen LogP contribution in [-0.2, 0) is 6.42 Å². The molecule has 2 rings (SSSR count). The molecule has 1 N–H and O–H groups in total. The average molecular weight is 343 g/mol. The van der Waals surface area contributed by atoms with E-state index in [-0.39, 0.29) is 23.0 Å². The van der Waals surface area contributed by atoms with Crippen LogP contribution in [-0.4, -0.2) is 12.6 Å². The standard InChI is InChI=1S/C12H12BrClF3N/c13-8-11(16)9(14)7(10(15)12(8)17)5-6-3-1-2-4-18-6/h6,18H,1-5H2. The number of nitrogens with one attached hydrogen (secondary N) is 1. The summed E-state index contributed by atoms with van der Waals surface area (Å²) < 4.78 is 40.2. The lowest BCUT2D eigenvalue weighted by Gasteiger charge is -2.24. The van der Waals surface area contributed by atoms with Gasteiger partial charge in [0.2, 0.25) is 0 Å². The van der Waals surface area contributed by atoms with Gasteiger partial charge < -0.3 is 5.32 Å². The molecule has 0 saturated carbocycles. The van der Waals surface area contributed by atoms with Crippen LogP contribution in [0, 0.1) is 17.5 Å². The third-order valence-corrected chi connectivity index (χ3v) is 4.25. The maximum absolute atomic E-state index is 13.8. The van der Waals surface area contributed by atoms with Crippen molar-refractivity contribution in [3.63, 3.8) is 0 Å². The summed E-state index contributed by atoms with van der Waals surface area (Å²) in [4.78, 5) is 0. The Morgan fingerprint density at radius 1 is 1.17 bits per heavy atom. The second-order valence-corrected chi connectivity index (χ2v) is 5.57. The lowest BCUT2D eigenvalue weighted by molar-refractivity contribution is 0.390. The predicted molar refractivity (Wildman–Crippen MR) is 68.4 cm³/mol. The van der Waals surface area contributed by atoms with Gasteiger partial charge >= 0.3 is 0 Å². The van der Waals surface area contributed by atoms with E-state index in [1.54, 1.807) is 0 Å². The van der Waals surface area contributed by atoms with Crippen molar-refractivity contribution in [2.24, 2.45) is 0 Å². The van der Waals surface area contributed by atoms with Crippen molar-refractivity contribution in [1.29, 1.82) is 0 Å². The Labute approximate surface area is 117 Å². The molecular weight excluding hydrogens is 330 g/mol. The fourth-order valence-corrected chi connectivity index (χ4v) is 2.92. The highest BCUT2D eigenvalue weighted by Gasteiger charge is 2.25. The summed E-state index contributed by atoms with van der Waals surface area (Å²) in [5, 5.41) is 2.85. The quantitative estimate of drug-likeness (QED) is 0.627. The largest absolute Gasteiger partial charge is 0.314 e. The maximum atomic E-state index is 13.8. The van der Waals surface area contributed by atoms with Gasteiger partial charge in [-0.1, -0.05) is 18.0 Å². The smallest absolute Gasteiger partial charge is 0.176 e. The second kappa shape index (κ2) is 5.80. The van der Waals surface area contributed by atoms with Gasteiger partial charge in [0.25, 0.3) is 0 Å². The zero-order valence-electron chi connectivity index (χ0n) is 9.50. The summed E-state index contributed by atoms with van der Waals surface area (Å²) >= 11 is 8.41. The highest BCUT2D eigenvalue weighted by molar-refractivity contribution is 9.10. The molecule has 0 aliphatic carbocycles. The monoisotopic (exact) mass is 341 g/mol. The Balaban J connectivity index is 2.32. The van der Waals surface area contributed by atoms with Crippen LogP contribution < -0.4 is 5.32 Å². The van der Waals surface area contributed by atoms with Crippen molar-refractivity contribution in [3.05, 3.63) is 32.5 Å². The molecule has 6 heteroatoms. The molecule has 100 valence electrons. The molecule has 1 aliphatic heterocycles. The number of halogens is 5. The van der Waals surface area contributed by atoms with Crippen molar-refractivity contribution in [3.8, 4) is 0 Å². The van der Waals surface area contributed by atoms with E-state index in [1.165, 1.54) is 0 Å². The van der Waals surface area contributed by atoms with Gasteiger partial charge in [0.15, 0.2) is 17.5 Å². The number of rotatable bonds is 2. The van der Waals surface area contributed by atoms with Gasteiger partial charge in [0, 0.05) is 11.6 Å². The molecule has 1 saturated heterocycles. The first-order valence-corrected chi connectivity index (χ1v) is 6.93. The lowest BCUT2D eigenvalue weighted by Crippen LogP contribution is -2.36. The van der Waals surface area contributed by atoms with Gasteiger partial charge in [-0.25, -0.2) is 13.2 Å². The minimum atomic E-state index is -1.22. The summed E-state index contributed by atoms with van der Waals surface area (Å²) in [6.45, 7) is 0.839. The molecule has 1 unspecified atom stereocenters. The first-order valence-electron chi connectivity index (χ1n) is 5.76. The third-order valence-electron chi connectivity index (χ3n) is 3.16. The Bertz CT molecular complexity index is 432. The molecule has 0 amide bonds. The predicted octanol–water partition coefficient (Wildman–Crippen LogP) is 4.20. The van der Waals surface area contributed by atoms with Crippen LogP contribution in [0.2, 0.25) is 5.02 Å². The third kappa shape index (κ3) is 2.68. The summed E-state index contributed by atoms with van der Waals surface area (Å²) in [7, 11) is 0. The van der Waals surface area contributed by atoms with Gasteiger partial charge in [0.1, 0.15) is 0 Å². The van der Waals surface area contributed by atoms with Gasteiger partial charge in [-0.15, -0.1) is 0 Å². The summed E-state index contributed by atoms with van der Waals surface area (Å²) in [5.74, 6) is -3.23. The zero-order valence-corrected chi connectivity index (χ0v) is 11.8. The second-order valence-electron chi connectivity index (χ2n) is 4.40. The van der Waals surface area contributed by atoms with E-state index < -0.39 is 21.9 Å². The minimum Gasteiger partial charge on any atom is -0.314 e. The van der Waals surface area contributed by atoms with Crippen molar-refractivity contribution in [1.82, 2.24) is 5.32 Å². The molecular formula is C12H12BrClF3N. The maximum Gasteiger partial charge on any atom is 0.176 e. The number of hydrogen-bond acceptors (Lipinski definition) is 1. The van der Waals surface area contributed by atoms with Crippen LogP contribution in [0.15, 0.2) is 4.47 Å². The molecule has 1 nitrogen and oxygen atoms in total.